The molecule has 13 aromatic rings. The molecule has 2 atom stereocenters. The predicted molar refractivity (Wildman–Crippen MR) is 361 cm³/mol. The van der Waals surface area contributed by atoms with Gasteiger partial charge in [-0.25, -0.2) is 43.9 Å². The highest BCUT2D eigenvalue weighted by molar-refractivity contribution is 5.92. The number of anilines is 6. The minimum absolute atomic E-state index is 0.272. The molecule has 0 amide bonds. The number of hydrogen-bond acceptors (Lipinski definition) is 2. The molecule has 0 fully saturated rings. The van der Waals surface area contributed by atoms with Gasteiger partial charge in [-0.3, -0.25) is 0 Å². The molecule has 2 nitrogen and oxygen atoms in total. The van der Waals surface area contributed by atoms with E-state index in [2.05, 4.69) is 13.2 Å². The molecule has 96 heavy (non-hydrogen) atoms. The average molecular weight is 1280 g/mol. The van der Waals surface area contributed by atoms with Crippen molar-refractivity contribution in [1.29, 1.82) is 0 Å². The van der Waals surface area contributed by atoms with Crippen molar-refractivity contribution in [2.24, 2.45) is 0 Å². The quantitative estimate of drug-likeness (QED) is 0.0608. The molecule has 0 N–H and O–H groups in total. The molecular weight excluding hydrogens is 1230 g/mol. The highest BCUT2D eigenvalue weighted by Crippen LogP contribution is 2.61. The minimum atomic E-state index is -2.26. The molecule has 0 aromatic heterocycles. The highest BCUT2D eigenvalue weighted by Gasteiger charge is 2.53. The average Bonchev–Trinajstić information content (AvgIpc) is 1.51. The Morgan fingerprint density at radius 1 is 0.240 bits per heavy atom. The monoisotopic (exact) mass is 1280 g/mol. The number of halogens is 10. The number of benzene rings is 13. The summed E-state index contributed by atoms with van der Waals surface area (Å²) in [7, 11) is 0. The standard InChI is InChI=1S/C84H50F10N2/c1-3-49-23-35-55(36-24-49)83(71-73(85)77(89)81(93)78(90)74(71)86)67-21-13-11-19-63(67)65-45-43-61(47-69(65)83)95(57-15-7-5-8-16-57)59-39-31-53(32-40-59)51-27-29-52(30-28-51)54-33-41-60(42-34-54)96(58-17-9-6-10-18-58)62-44-46-66-64-20-12-14-22-68(64)84(70(66)48-62,56-37-25-50(4-2)26-38-56)72-75(87)79(91)82(94)80(92)76(72)88/h3-48H,1-2H2. The first-order valence-corrected chi connectivity index (χ1v) is 30.7. The largest absolute Gasteiger partial charge is 0.310 e. The van der Waals surface area contributed by atoms with Gasteiger partial charge in [0.2, 0.25) is 11.6 Å². The summed E-state index contributed by atoms with van der Waals surface area (Å²) in [5.74, 6) is -20.5. The molecule has 0 heterocycles. The van der Waals surface area contributed by atoms with E-state index >= 15 is 35.1 Å². The van der Waals surface area contributed by atoms with Crippen molar-refractivity contribution in [3.05, 3.63) is 394 Å². The van der Waals surface area contributed by atoms with Crippen molar-refractivity contribution < 1.29 is 43.9 Å². The van der Waals surface area contributed by atoms with Crippen LogP contribution in [0.15, 0.2) is 280 Å². The molecule has 0 radical (unpaired) electrons. The topological polar surface area (TPSA) is 6.48 Å². The fourth-order valence-corrected chi connectivity index (χ4v) is 14.4. The summed E-state index contributed by atoms with van der Waals surface area (Å²) in [5, 5.41) is 0. The second kappa shape index (κ2) is 23.7. The SMILES string of the molecule is C=Cc1ccc(C2(c3c(F)c(F)c(F)c(F)c3F)c3ccccc3-c3ccc(N(c4ccccc4)c4ccc(-c5ccc(-c6ccc(N(c7ccccc7)c7ccc8c(c7)C(c7ccc(C=C)cc7)(c7c(F)c(F)c(F)c(F)c7F)c7ccccc7-8)cc6)cc5)cc4)cc32)cc1. The van der Waals surface area contributed by atoms with Crippen LogP contribution in [0.2, 0.25) is 0 Å². The van der Waals surface area contributed by atoms with Crippen LogP contribution < -0.4 is 9.80 Å². The van der Waals surface area contributed by atoms with Gasteiger partial charge >= 0.3 is 0 Å². The van der Waals surface area contributed by atoms with E-state index in [-0.39, 0.29) is 11.1 Å². The first kappa shape index (κ1) is 60.5. The van der Waals surface area contributed by atoms with Crippen molar-refractivity contribution in [2.75, 3.05) is 9.80 Å². The zero-order chi connectivity index (χ0) is 66.3. The van der Waals surface area contributed by atoms with Crippen LogP contribution in [0.4, 0.5) is 78.0 Å². The van der Waals surface area contributed by atoms with Gasteiger partial charge in [0.1, 0.15) is 0 Å². The number of fused-ring (bicyclic) bond motifs is 6. The van der Waals surface area contributed by atoms with Crippen LogP contribution in [0.1, 0.15) is 55.6 Å². The van der Waals surface area contributed by atoms with Crippen LogP contribution in [0.25, 0.3) is 56.7 Å². The first-order chi connectivity index (χ1) is 46.7. The van der Waals surface area contributed by atoms with E-state index in [4.69, 9.17) is 0 Å². The van der Waals surface area contributed by atoms with Gasteiger partial charge in [0.05, 0.1) is 10.8 Å². The van der Waals surface area contributed by atoms with E-state index < -0.39 is 80.1 Å². The van der Waals surface area contributed by atoms with E-state index in [1.165, 1.54) is 0 Å². The van der Waals surface area contributed by atoms with E-state index in [1.807, 2.05) is 168 Å². The molecule has 12 heteroatoms. The number of nitrogens with zero attached hydrogens (tertiary/aromatic N) is 2. The zero-order valence-corrected chi connectivity index (χ0v) is 50.6. The minimum Gasteiger partial charge on any atom is -0.310 e. The summed E-state index contributed by atoms with van der Waals surface area (Å²) >= 11 is 0. The molecule has 2 aliphatic carbocycles. The van der Waals surface area contributed by atoms with Crippen LogP contribution in [-0.2, 0) is 10.8 Å². The smallest absolute Gasteiger partial charge is 0.200 e. The molecule has 0 bridgehead atoms. The Kier molecular flexibility index (Phi) is 14.9. The molecule has 15 rings (SSSR count). The molecular formula is C84H50F10N2. The fourth-order valence-electron chi connectivity index (χ4n) is 14.4. The maximum atomic E-state index is 16.8. The summed E-state index contributed by atoms with van der Waals surface area (Å²) in [4.78, 5) is 3.92. The summed E-state index contributed by atoms with van der Waals surface area (Å²) in [5.41, 5.74) is 6.77. The molecule has 0 saturated heterocycles. The lowest BCUT2D eigenvalue weighted by atomic mass is 9.67. The number of hydrogen-bond donors (Lipinski definition) is 0. The maximum absolute atomic E-state index is 16.8. The Labute approximate surface area is 546 Å². The third-order valence-electron chi connectivity index (χ3n) is 18.7. The van der Waals surface area contributed by atoms with Crippen molar-refractivity contribution in [1.82, 2.24) is 0 Å². The lowest BCUT2D eigenvalue weighted by Crippen LogP contribution is -2.33. The zero-order valence-electron chi connectivity index (χ0n) is 50.6. The van der Waals surface area contributed by atoms with Gasteiger partial charge < -0.3 is 9.80 Å². The van der Waals surface area contributed by atoms with Gasteiger partial charge in [-0.15, -0.1) is 0 Å². The molecule has 0 aliphatic heterocycles. The van der Waals surface area contributed by atoms with Crippen LogP contribution in [-0.4, -0.2) is 0 Å². The maximum Gasteiger partial charge on any atom is 0.200 e. The van der Waals surface area contributed by atoms with Crippen molar-refractivity contribution >= 4 is 46.3 Å². The third-order valence-corrected chi connectivity index (χ3v) is 18.7. The summed E-state index contributed by atoms with van der Waals surface area (Å²) in [6.45, 7) is 7.70. The van der Waals surface area contributed by atoms with Crippen LogP contribution in [0.3, 0.4) is 0 Å². The van der Waals surface area contributed by atoms with E-state index in [0.29, 0.717) is 78.4 Å². The molecule has 13 aromatic carbocycles. The molecule has 2 aliphatic rings. The fraction of sp³-hybridized carbons (Fsp3) is 0.0238. The molecule has 2 unspecified atom stereocenters. The Morgan fingerprint density at radius 3 is 0.823 bits per heavy atom. The normalized spacial score (nSPS) is 14.9. The van der Waals surface area contributed by atoms with Crippen molar-refractivity contribution in [3.8, 4) is 44.5 Å². The van der Waals surface area contributed by atoms with Crippen LogP contribution in [0, 0.1) is 58.2 Å². The number of para-hydroxylation sites is 2. The number of rotatable bonds is 14. The Morgan fingerprint density at radius 2 is 0.500 bits per heavy atom. The van der Waals surface area contributed by atoms with Gasteiger partial charge in [-0.1, -0.05) is 219 Å². The van der Waals surface area contributed by atoms with E-state index in [0.717, 1.165) is 33.6 Å². The van der Waals surface area contributed by atoms with Gasteiger partial charge in [0, 0.05) is 45.3 Å². The molecule has 466 valence electrons. The first-order valence-electron chi connectivity index (χ1n) is 30.7. The lowest BCUT2D eigenvalue weighted by Gasteiger charge is -2.35. The van der Waals surface area contributed by atoms with E-state index in [1.54, 1.807) is 121 Å². The molecule has 0 spiro atoms. The predicted octanol–water partition coefficient (Wildman–Crippen LogP) is 23.4. The third kappa shape index (κ3) is 9.25. The highest BCUT2D eigenvalue weighted by atomic mass is 19.2. The Hall–Kier alpha value is -11.8. The summed E-state index contributed by atoms with van der Waals surface area (Å²) in [6.07, 6.45) is 3.18. The summed E-state index contributed by atoms with van der Waals surface area (Å²) < 4.78 is 160. The Balaban J connectivity index is 0.778. The van der Waals surface area contributed by atoms with Gasteiger partial charge in [0.25, 0.3) is 0 Å². The van der Waals surface area contributed by atoms with Gasteiger partial charge in [-0.2, -0.15) is 0 Å². The van der Waals surface area contributed by atoms with E-state index in [9.17, 15) is 8.78 Å². The van der Waals surface area contributed by atoms with Gasteiger partial charge in [0.15, 0.2) is 46.5 Å². The Bertz CT molecular complexity index is 4870. The molecule has 0 saturated carbocycles. The van der Waals surface area contributed by atoms with Crippen molar-refractivity contribution in [3.63, 3.8) is 0 Å². The van der Waals surface area contributed by atoms with Crippen LogP contribution >= 0.6 is 0 Å². The second-order valence-corrected chi connectivity index (χ2v) is 23.6. The van der Waals surface area contributed by atoms with Gasteiger partial charge in [-0.05, 0) is 162 Å². The van der Waals surface area contributed by atoms with Crippen LogP contribution in [0.5, 0.6) is 0 Å². The second-order valence-electron chi connectivity index (χ2n) is 23.6. The van der Waals surface area contributed by atoms with Crippen molar-refractivity contribution in [2.45, 2.75) is 10.8 Å². The summed E-state index contributed by atoms with van der Waals surface area (Å²) in [6, 6.07) is 80.5. The lowest BCUT2D eigenvalue weighted by molar-refractivity contribution is 0.363.